The van der Waals surface area contributed by atoms with E-state index in [0.29, 0.717) is 0 Å². The van der Waals surface area contributed by atoms with Crippen molar-refractivity contribution >= 4 is 0 Å². The van der Waals surface area contributed by atoms with Crippen LogP contribution in [0.1, 0.15) is 84.5 Å². The Labute approximate surface area is 114 Å². The molecule has 104 valence electrons. The zero-order valence-electron chi connectivity index (χ0n) is 12.6. The monoisotopic (exact) mass is 248 g/mol. The van der Waals surface area contributed by atoms with Crippen LogP contribution in [0, 0.1) is 17.8 Å². The predicted molar refractivity (Wildman–Crippen MR) is 80.7 cm³/mol. The third kappa shape index (κ3) is 3.87. The second kappa shape index (κ2) is 7.36. The molecule has 0 aromatic rings. The molecule has 18 heavy (non-hydrogen) atoms. The van der Waals surface area contributed by atoms with E-state index in [4.69, 9.17) is 0 Å². The summed E-state index contributed by atoms with van der Waals surface area (Å²) >= 11 is 0. The van der Waals surface area contributed by atoms with E-state index in [1.807, 2.05) is 0 Å². The Balaban J connectivity index is 1.74. The van der Waals surface area contributed by atoms with Gasteiger partial charge < -0.3 is 0 Å². The van der Waals surface area contributed by atoms with Gasteiger partial charge in [0.25, 0.3) is 0 Å². The summed E-state index contributed by atoms with van der Waals surface area (Å²) in [5, 5.41) is 0. The van der Waals surface area contributed by atoms with Crippen LogP contribution in [0.4, 0.5) is 0 Å². The van der Waals surface area contributed by atoms with E-state index < -0.39 is 0 Å². The first-order valence-corrected chi connectivity index (χ1v) is 8.51. The molecule has 2 rings (SSSR count). The van der Waals surface area contributed by atoms with Crippen molar-refractivity contribution in [2.45, 2.75) is 84.5 Å². The number of hydrogen-bond acceptors (Lipinski definition) is 0. The highest BCUT2D eigenvalue weighted by Crippen LogP contribution is 2.40. The van der Waals surface area contributed by atoms with Gasteiger partial charge in [0.2, 0.25) is 0 Å². The van der Waals surface area contributed by atoms with E-state index in [2.05, 4.69) is 19.9 Å². The zero-order chi connectivity index (χ0) is 12.8. The fourth-order valence-corrected chi connectivity index (χ4v) is 4.24. The zero-order valence-corrected chi connectivity index (χ0v) is 12.6. The fraction of sp³-hybridized carbons (Fsp3) is 0.889. The summed E-state index contributed by atoms with van der Waals surface area (Å²) in [5.74, 6) is 3.17. The molecule has 1 fully saturated rings. The van der Waals surface area contributed by atoms with Gasteiger partial charge in [-0.2, -0.15) is 0 Å². The maximum atomic E-state index is 2.59. The second-order valence-electron chi connectivity index (χ2n) is 6.72. The SMILES string of the molecule is CCCC1=CCC(C2CCC(CCC)CC2)CC1. The van der Waals surface area contributed by atoms with E-state index in [9.17, 15) is 0 Å². The first-order chi connectivity index (χ1) is 8.83. The maximum Gasteiger partial charge on any atom is -0.0317 e. The number of allylic oxidation sites excluding steroid dienone is 2. The van der Waals surface area contributed by atoms with Crippen LogP contribution in [0.3, 0.4) is 0 Å². The highest BCUT2D eigenvalue weighted by atomic mass is 14.3. The third-order valence-electron chi connectivity index (χ3n) is 5.37. The molecule has 2 aliphatic carbocycles. The summed E-state index contributed by atoms with van der Waals surface area (Å²) < 4.78 is 0. The molecule has 0 amide bonds. The molecule has 0 bridgehead atoms. The van der Waals surface area contributed by atoms with Crippen LogP contribution in [-0.4, -0.2) is 0 Å². The summed E-state index contributed by atoms with van der Waals surface area (Å²) in [7, 11) is 0. The van der Waals surface area contributed by atoms with E-state index in [1.54, 1.807) is 5.57 Å². The second-order valence-corrected chi connectivity index (χ2v) is 6.72. The Morgan fingerprint density at radius 2 is 1.72 bits per heavy atom. The van der Waals surface area contributed by atoms with Gasteiger partial charge in [-0.25, -0.2) is 0 Å². The van der Waals surface area contributed by atoms with Crippen LogP contribution in [0.15, 0.2) is 11.6 Å². The van der Waals surface area contributed by atoms with Crippen LogP contribution < -0.4 is 0 Å². The van der Waals surface area contributed by atoms with Gasteiger partial charge in [0.15, 0.2) is 0 Å². The number of rotatable bonds is 5. The molecule has 1 saturated carbocycles. The maximum absolute atomic E-state index is 2.59. The third-order valence-corrected chi connectivity index (χ3v) is 5.37. The van der Waals surface area contributed by atoms with E-state index in [-0.39, 0.29) is 0 Å². The van der Waals surface area contributed by atoms with Gasteiger partial charge in [-0.1, -0.05) is 57.6 Å². The van der Waals surface area contributed by atoms with Gasteiger partial charge in [-0.3, -0.25) is 0 Å². The summed E-state index contributed by atoms with van der Waals surface area (Å²) in [6, 6.07) is 0. The van der Waals surface area contributed by atoms with Gasteiger partial charge in [-0.05, 0) is 56.3 Å². The van der Waals surface area contributed by atoms with Crippen molar-refractivity contribution in [1.29, 1.82) is 0 Å². The average Bonchev–Trinajstić information content (AvgIpc) is 2.41. The lowest BCUT2D eigenvalue weighted by atomic mass is 9.70. The van der Waals surface area contributed by atoms with Crippen LogP contribution in [0.2, 0.25) is 0 Å². The van der Waals surface area contributed by atoms with E-state index in [1.165, 1.54) is 70.6 Å². The van der Waals surface area contributed by atoms with Crippen molar-refractivity contribution in [3.8, 4) is 0 Å². The van der Waals surface area contributed by atoms with Gasteiger partial charge in [0, 0.05) is 0 Å². The molecule has 0 spiro atoms. The van der Waals surface area contributed by atoms with Gasteiger partial charge >= 0.3 is 0 Å². The number of hydrogen-bond donors (Lipinski definition) is 0. The molecule has 0 heteroatoms. The fourth-order valence-electron chi connectivity index (χ4n) is 4.24. The lowest BCUT2D eigenvalue weighted by Crippen LogP contribution is -2.23. The normalized spacial score (nSPS) is 33.2. The molecule has 1 unspecified atom stereocenters. The minimum Gasteiger partial charge on any atom is -0.0850 e. The average molecular weight is 248 g/mol. The highest BCUT2D eigenvalue weighted by Gasteiger charge is 2.27. The summed E-state index contributed by atoms with van der Waals surface area (Å²) in [5.41, 5.74) is 1.76. The van der Waals surface area contributed by atoms with Crippen LogP contribution >= 0.6 is 0 Å². The Kier molecular flexibility index (Phi) is 5.79. The van der Waals surface area contributed by atoms with Crippen molar-refractivity contribution in [2.24, 2.45) is 17.8 Å². The molecule has 0 N–H and O–H groups in total. The van der Waals surface area contributed by atoms with E-state index in [0.717, 1.165) is 17.8 Å². The Morgan fingerprint density at radius 1 is 0.944 bits per heavy atom. The largest absolute Gasteiger partial charge is 0.0850 e. The summed E-state index contributed by atoms with van der Waals surface area (Å²) in [6.07, 6.45) is 18.6. The molecular formula is C18H32. The Bertz CT molecular complexity index is 255. The van der Waals surface area contributed by atoms with Gasteiger partial charge in [0.1, 0.15) is 0 Å². The predicted octanol–water partition coefficient (Wildman–Crippen LogP) is 6.12. The molecule has 2 aliphatic rings. The minimum atomic E-state index is 1.04. The van der Waals surface area contributed by atoms with E-state index >= 15 is 0 Å². The van der Waals surface area contributed by atoms with Crippen molar-refractivity contribution < 1.29 is 0 Å². The molecule has 0 aromatic carbocycles. The Morgan fingerprint density at radius 3 is 2.28 bits per heavy atom. The van der Waals surface area contributed by atoms with Crippen molar-refractivity contribution in [3.63, 3.8) is 0 Å². The Hall–Kier alpha value is -0.260. The summed E-state index contributed by atoms with van der Waals surface area (Å²) in [4.78, 5) is 0. The first kappa shape index (κ1) is 14.2. The lowest BCUT2D eigenvalue weighted by molar-refractivity contribution is 0.186. The van der Waals surface area contributed by atoms with Crippen LogP contribution in [0.5, 0.6) is 0 Å². The molecule has 0 aromatic heterocycles. The quantitative estimate of drug-likeness (QED) is 0.514. The molecular weight excluding hydrogens is 216 g/mol. The van der Waals surface area contributed by atoms with Crippen molar-refractivity contribution in [3.05, 3.63) is 11.6 Å². The van der Waals surface area contributed by atoms with Crippen molar-refractivity contribution in [2.75, 3.05) is 0 Å². The standard InChI is InChI=1S/C18H32/c1-3-5-15-7-11-17(12-8-15)18-13-9-16(6-4-2)10-14-18/h7,16-18H,3-6,8-14H2,1-2H3. The molecule has 0 aliphatic heterocycles. The molecule has 0 saturated heterocycles. The summed E-state index contributed by atoms with van der Waals surface area (Å²) in [6.45, 7) is 4.65. The highest BCUT2D eigenvalue weighted by molar-refractivity contribution is 5.07. The lowest BCUT2D eigenvalue weighted by Gasteiger charge is -2.35. The first-order valence-electron chi connectivity index (χ1n) is 8.51. The minimum absolute atomic E-state index is 1.04. The van der Waals surface area contributed by atoms with Crippen LogP contribution in [0.25, 0.3) is 0 Å². The van der Waals surface area contributed by atoms with Gasteiger partial charge in [0.05, 0.1) is 0 Å². The molecule has 0 nitrogen and oxygen atoms in total. The molecule has 0 heterocycles. The topological polar surface area (TPSA) is 0 Å². The molecule has 1 atom stereocenters. The van der Waals surface area contributed by atoms with Crippen LogP contribution in [-0.2, 0) is 0 Å². The van der Waals surface area contributed by atoms with Gasteiger partial charge in [-0.15, -0.1) is 0 Å². The molecule has 0 radical (unpaired) electrons. The van der Waals surface area contributed by atoms with Crippen molar-refractivity contribution in [1.82, 2.24) is 0 Å². The smallest absolute Gasteiger partial charge is 0.0317 e.